The highest BCUT2D eigenvalue weighted by Crippen LogP contribution is 2.29. The molecule has 1 saturated carbocycles. The van der Waals surface area contributed by atoms with Crippen molar-refractivity contribution in [2.45, 2.75) is 43.0 Å². The van der Waals surface area contributed by atoms with E-state index in [1.165, 1.54) is 18.2 Å². The van der Waals surface area contributed by atoms with Crippen LogP contribution in [0.4, 0.5) is 11.4 Å². The second-order valence-corrected chi connectivity index (χ2v) is 8.81. The van der Waals surface area contributed by atoms with Crippen LogP contribution in [0.3, 0.4) is 0 Å². The highest BCUT2D eigenvalue weighted by atomic mass is 32.2. The molecule has 3 rings (SSSR count). The van der Waals surface area contributed by atoms with Gasteiger partial charge in [-0.2, -0.15) is 0 Å². The lowest BCUT2D eigenvalue weighted by Crippen LogP contribution is -2.45. The zero-order chi connectivity index (χ0) is 20.9. The predicted octanol–water partition coefficient (Wildman–Crippen LogP) is 3.24. The maximum absolute atomic E-state index is 13.3. The highest BCUT2D eigenvalue weighted by Gasteiger charge is 2.33. The molecule has 0 spiro atoms. The third kappa shape index (κ3) is 4.92. The molecule has 0 aliphatic heterocycles. The molecule has 0 heterocycles. The van der Waals surface area contributed by atoms with Crippen LogP contribution in [0, 0.1) is 10.1 Å². The Kier molecular flexibility index (Phi) is 6.48. The Labute approximate surface area is 169 Å². The minimum absolute atomic E-state index is 0.0302. The molecule has 1 fully saturated rings. The Hall–Kier alpha value is -2.94. The summed E-state index contributed by atoms with van der Waals surface area (Å²) in [5.41, 5.74) is -0.259. The van der Waals surface area contributed by atoms with Crippen molar-refractivity contribution >= 4 is 27.3 Å². The number of nitro benzene ring substituents is 1. The van der Waals surface area contributed by atoms with Gasteiger partial charge in [0.15, 0.2) is 4.90 Å². The number of amides is 1. The fraction of sp³-hybridized carbons (Fsp3) is 0.350. The van der Waals surface area contributed by atoms with E-state index in [0.29, 0.717) is 0 Å². The van der Waals surface area contributed by atoms with Crippen molar-refractivity contribution in [1.82, 2.24) is 5.32 Å². The molecule has 0 atom stereocenters. The van der Waals surface area contributed by atoms with Crippen molar-refractivity contribution in [2.24, 2.45) is 0 Å². The molecule has 1 amide bonds. The number of benzene rings is 2. The van der Waals surface area contributed by atoms with Crippen molar-refractivity contribution in [2.75, 3.05) is 10.8 Å². The minimum Gasteiger partial charge on any atom is -0.352 e. The zero-order valence-corrected chi connectivity index (χ0v) is 16.7. The molecule has 1 aliphatic carbocycles. The molecule has 2 aromatic carbocycles. The summed E-state index contributed by atoms with van der Waals surface area (Å²) in [4.78, 5) is 22.8. The van der Waals surface area contributed by atoms with E-state index in [-0.39, 0.29) is 11.7 Å². The van der Waals surface area contributed by atoms with E-state index in [2.05, 4.69) is 5.32 Å². The summed E-state index contributed by atoms with van der Waals surface area (Å²) in [6.45, 7) is -0.450. The molecular weight excluding hydrogens is 394 g/mol. The molecule has 0 aromatic heterocycles. The molecule has 2 aromatic rings. The number of nitro groups is 1. The summed E-state index contributed by atoms with van der Waals surface area (Å²) in [7, 11) is -4.33. The van der Waals surface area contributed by atoms with E-state index >= 15 is 0 Å². The average Bonchev–Trinajstić information content (AvgIpc) is 2.73. The first-order valence-electron chi connectivity index (χ1n) is 9.50. The topological polar surface area (TPSA) is 110 Å². The van der Waals surface area contributed by atoms with Crippen molar-refractivity contribution in [3.8, 4) is 0 Å². The van der Waals surface area contributed by atoms with Crippen molar-refractivity contribution in [1.29, 1.82) is 0 Å². The van der Waals surface area contributed by atoms with Gasteiger partial charge in [0.05, 0.1) is 10.6 Å². The van der Waals surface area contributed by atoms with Gasteiger partial charge in [-0.1, -0.05) is 49.6 Å². The standard InChI is InChI=1S/C20H23N3O5S/c24-20(21-16-9-3-1-4-10-16)15-22(17-11-5-2-6-12-17)29(27,28)19-14-8-7-13-18(19)23(25)26/h2,5-8,11-14,16H,1,3-4,9-10,15H2,(H,21,24). The summed E-state index contributed by atoms with van der Waals surface area (Å²) < 4.78 is 27.6. The summed E-state index contributed by atoms with van der Waals surface area (Å²) in [6, 6.07) is 13.3. The highest BCUT2D eigenvalue weighted by molar-refractivity contribution is 7.93. The number of anilines is 1. The minimum atomic E-state index is -4.33. The average molecular weight is 417 g/mol. The molecule has 1 N–H and O–H groups in total. The number of sulfonamides is 1. The summed E-state index contributed by atoms with van der Waals surface area (Å²) in [5, 5.41) is 14.3. The Morgan fingerprint density at radius 1 is 1.03 bits per heavy atom. The SMILES string of the molecule is O=C(CN(c1ccccc1)S(=O)(=O)c1ccccc1[N+](=O)[O-])NC1CCCCC1. The van der Waals surface area contributed by atoms with E-state index in [1.807, 2.05) is 0 Å². The van der Waals surface area contributed by atoms with Gasteiger partial charge in [-0.25, -0.2) is 8.42 Å². The van der Waals surface area contributed by atoms with Crippen LogP contribution in [-0.2, 0) is 14.8 Å². The van der Waals surface area contributed by atoms with Crippen LogP contribution in [0.5, 0.6) is 0 Å². The van der Waals surface area contributed by atoms with E-state index in [9.17, 15) is 23.3 Å². The number of nitrogens with zero attached hydrogens (tertiary/aromatic N) is 2. The predicted molar refractivity (Wildman–Crippen MR) is 109 cm³/mol. The fourth-order valence-corrected chi connectivity index (χ4v) is 5.09. The number of carbonyl (C=O) groups is 1. The first-order valence-corrected chi connectivity index (χ1v) is 10.9. The molecule has 0 unspecified atom stereocenters. The maximum Gasteiger partial charge on any atom is 0.289 e. The Morgan fingerprint density at radius 2 is 1.66 bits per heavy atom. The molecule has 8 nitrogen and oxygen atoms in total. The quantitative estimate of drug-likeness (QED) is 0.549. The van der Waals surface area contributed by atoms with E-state index < -0.39 is 38.0 Å². The lowest BCUT2D eigenvalue weighted by molar-refractivity contribution is -0.387. The molecule has 0 saturated heterocycles. The Balaban J connectivity index is 1.93. The van der Waals surface area contributed by atoms with Gasteiger partial charge in [0, 0.05) is 12.1 Å². The molecule has 1 aliphatic rings. The van der Waals surface area contributed by atoms with Crippen LogP contribution in [-0.4, -0.2) is 31.8 Å². The Morgan fingerprint density at radius 3 is 2.31 bits per heavy atom. The van der Waals surface area contributed by atoms with E-state index in [0.717, 1.165) is 42.5 Å². The van der Waals surface area contributed by atoms with E-state index in [4.69, 9.17) is 0 Å². The van der Waals surface area contributed by atoms with Gasteiger partial charge in [-0.3, -0.25) is 19.2 Å². The van der Waals surface area contributed by atoms with Gasteiger partial charge < -0.3 is 5.32 Å². The third-order valence-corrected chi connectivity index (χ3v) is 6.75. The van der Waals surface area contributed by atoms with Crippen LogP contribution in [0.25, 0.3) is 0 Å². The normalized spacial score (nSPS) is 14.9. The van der Waals surface area contributed by atoms with Gasteiger partial charge in [0.2, 0.25) is 5.91 Å². The number of para-hydroxylation sites is 2. The summed E-state index contributed by atoms with van der Waals surface area (Å²) in [6.07, 6.45) is 4.93. The van der Waals surface area contributed by atoms with Crippen LogP contribution in [0.1, 0.15) is 32.1 Å². The fourth-order valence-electron chi connectivity index (χ4n) is 3.50. The molecule has 0 bridgehead atoms. The van der Waals surface area contributed by atoms with Gasteiger partial charge >= 0.3 is 0 Å². The van der Waals surface area contributed by atoms with Crippen molar-refractivity contribution in [3.63, 3.8) is 0 Å². The summed E-state index contributed by atoms with van der Waals surface area (Å²) in [5.74, 6) is -0.428. The lowest BCUT2D eigenvalue weighted by atomic mass is 9.95. The van der Waals surface area contributed by atoms with Crippen LogP contribution in [0.15, 0.2) is 59.5 Å². The Bertz CT molecular complexity index is 973. The van der Waals surface area contributed by atoms with Crippen LogP contribution >= 0.6 is 0 Å². The van der Waals surface area contributed by atoms with Crippen molar-refractivity contribution < 1.29 is 18.1 Å². The number of rotatable bonds is 7. The smallest absolute Gasteiger partial charge is 0.289 e. The largest absolute Gasteiger partial charge is 0.352 e. The molecule has 29 heavy (non-hydrogen) atoms. The molecule has 9 heteroatoms. The van der Waals surface area contributed by atoms with Crippen LogP contribution in [0.2, 0.25) is 0 Å². The third-order valence-electron chi connectivity index (χ3n) is 4.93. The van der Waals surface area contributed by atoms with Crippen molar-refractivity contribution in [3.05, 3.63) is 64.7 Å². The van der Waals surface area contributed by atoms with Crippen LogP contribution < -0.4 is 9.62 Å². The van der Waals surface area contributed by atoms with E-state index in [1.54, 1.807) is 30.3 Å². The first-order chi connectivity index (χ1) is 13.9. The van der Waals surface area contributed by atoms with Gasteiger partial charge in [0.25, 0.3) is 15.7 Å². The first kappa shape index (κ1) is 20.8. The second kappa shape index (κ2) is 9.04. The molecule has 0 radical (unpaired) electrons. The van der Waals surface area contributed by atoms with Gasteiger partial charge in [-0.05, 0) is 31.0 Å². The molecular formula is C20H23N3O5S. The number of nitrogens with one attached hydrogen (secondary N) is 1. The number of hydrogen-bond donors (Lipinski definition) is 1. The van der Waals surface area contributed by atoms with Gasteiger partial charge in [0.1, 0.15) is 6.54 Å². The zero-order valence-electron chi connectivity index (χ0n) is 15.9. The molecule has 154 valence electrons. The monoisotopic (exact) mass is 417 g/mol. The number of carbonyl (C=O) groups excluding carboxylic acids is 1. The second-order valence-electron chi connectivity index (χ2n) is 6.97. The number of hydrogen-bond acceptors (Lipinski definition) is 5. The van der Waals surface area contributed by atoms with Gasteiger partial charge in [-0.15, -0.1) is 0 Å². The maximum atomic E-state index is 13.3. The summed E-state index contributed by atoms with van der Waals surface area (Å²) >= 11 is 0. The lowest BCUT2D eigenvalue weighted by Gasteiger charge is -2.27.